The second kappa shape index (κ2) is 11.5. The minimum absolute atomic E-state index is 0.308. The first-order valence-corrected chi connectivity index (χ1v) is 11.6. The molecule has 0 amide bonds. The van der Waals surface area contributed by atoms with Gasteiger partial charge in [-0.05, 0) is 50.3 Å². The third-order valence-corrected chi connectivity index (χ3v) is 6.97. The Morgan fingerprint density at radius 1 is 1.37 bits per heavy atom. The van der Waals surface area contributed by atoms with Crippen molar-refractivity contribution in [2.45, 2.75) is 57.2 Å². The van der Waals surface area contributed by atoms with E-state index in [0.29, 0.717) is 22.9 Å². The summed E-state index contributed by atoms with van der Waals surface area (Å²) < 4.78 is 17.3. The molecule has 5 nitrogen and oxygen atoms in total. The minimum atomic E-state index is -0.714. The van der Waals surface area contributed by atoms with E-state index < -0.39 is 10.8 Å². The van der Waals surface area contributed by atoms with Crippen LogP contribution in [0.15, 0.2) is 23.2 Å². The predicted octanol–water partition coefficient (Wildman–Crippen LogP) is 3.53. The molecule has 2 rings (SSSR count). The number of aliphatic imine (C=N–C) groups is 1. The zero-order chi connectivity index (χ0) is 19.6. The zero-order valence-corrected chi connectivity index (χ0v) is 18.2. The summed E-state index contributed by atoms with van der Waals surface area (Å²) in [5.41, 5.74) is 1.06. The van der Waals surface area contributed by atoms with Gasteiger partial charge in [0.1, 0.15) is 5.75 Å². The molecule has 152 valence electrons. The molecule has 1 saturated carbocycles. The Balaban J connectivity index is 1.92. The smallest absolute Gasteiger partial charge is 0.191 e. The van der Waals surface area contributed by atoms with E-state index in [9.17, 15) is 4.21 Å². The lowest BCUT2D eigenvalue weighted by Crippen LogP contribution is -2.46. The van der Waals surface area contributed by atoms with Gasteiger partial charge >= 0.3 is 0 Å². The Hall–Kier alpha value is -1.27. The van der Waals surface area contributed by atoms with Crippen molar-refractivity contribution in [3.63, 3.8) is 0 Å². The number of rotatable bonds is 8. The van der Waals surface area contributed by atoms with Crippen LogP contribution in [-0.4, -0.2) is 47.4 Å². The summed E-state index contributed by atoms with van der Waals surface area (Å²) in [7, 11) is 0.921. The van der Waals surface area contributed by atoms with Gasteiger partial charge in [0.15, 0.2) is 5.96 Å². The molecule has 3 unspecified atom stereocenters. The van der Waals surface area contributed by atoms with Crippen molar-refractivity contribution >= 4 is 28.4 Å². The first kappa shape index (κ1) is 22.0. The number of halogens is 1. The van der Waals surface area contributed by atoms with Crippen LogP contribution >= 0.6 is 11.6 Å². The number of guanidine groups is 1. The maximum Gasteiger partial charge on any atom is 0.191 e. The van der Waals surface area contributed by atoms with Gasteiger partial charge in [0, 0.05) is 46.0 Å². The molecule has 1 aliphatic carbocycles. The van der Waals surface area contributed by atoms with E-state index in [1.165, 1.54) is 0 Å². The topological polar surface area (TPSA) is 62.7 Å². The van der Waals surface area contributed by atoms with Crippen LogP contribution in [0.25, 0.3) is 0 Å². The van der Waals surface area contributed by atoms with Gasteiger partial charge in [-0.25, -0.2) is 0 Å². The Morgan fingerprint density at radius 3 is 2.85 bits per heavy atom. The van der Waals surface area contributed by atoms with Gasteiger partial charge in [0.2, 0.25) is 0 Å². The van der Waals surface area contributed by atoms with Gasteiger partial charge in [0.25, 0.3) is 0 Å². The lowest BCUT2D eigenvalue weighted by molar-refractivity contribution is 0.413. The van der Waals surface area contributed by atoms with Crippen molar-refractivity contribution in [1.29, 1.82) is 0 Å². The van der Waals surface area contributed by atoms with Crippen molar-refractivity contribution < 1.29 is 8.95 Å². The van der Waals surface area contributed by atoms with Crippen molar-refractivity contribution in [2.24, 2.45) is 4.99 Å². The fourth-order valence-corrected chi connectivity index (χ4v) is 5.02. The Morgan fingerprint density at radius 2 is 2.19 bits per heavy atom. The molecule has 0 bridgehead atoms. The highest BCUT2D eigenvalue weighted by Gasteiger charge is 2.26. The van der Waals surface area contributed by atoms with Crippen molar-refractivity contribution in [1.82, 2.24) is 10.6 Å². The Labute approximate surface area is 170 Å². The molecule has 2 N–H and O–H groups in total. The van der Waals surface area contributed by atoms with Crippen LogP contribution in [0.2, 0.25) is 5.02 Å². The number of methoxy groups -OCH3 is 1. The number of hydrogen-bond acceptors (Lipinski definition) is 3. The van der Waals surface area contributed by atoms with E-state index >= 15 is 0 Å². The van der Waals surface area contributed by atoms with Crippen LogP contribution in [0.1, 0.15) is 45.1 Å². The number of hydrogen-bond donors (Lipinski definition) is 2. The summed E-state index contributed by atoms with van der Waals surface area (Å²) in [5.74, 6) is 2.34. The highest BCUT2D eigenvalue weighted by molar-refractivity contribution is 7.85. The summed E-state index contributed by atoms with van der Waals surface area (Å²) in [4.78, 5) is 4.71. The molecule has 7 heteroatoms. The van der Waals surface area contributed by atoms with E-state index in [-0.39, 0.29) is 0 Å². The fraction of sp³-hybridized carbons (Fsp3) is 0.650. The van der Waals surface area contributed by atoms with E-state index in [1.807, 2.05) is 25.1 Å². The molecule has 0 saturated heterocycles. The first-order valence-electron chi connectivity index (χ1n) is 9.81. The molecule has 0 aliphatic heterocycles. The third-order valence-electron chi connectivity index (χ3n) is 4.88. The number of ether oxygens (including phenoxy) is 1. The highest BCUT2D eigenvalue weighted by Crippen LogP contribution is 2.24. The maximum atomic E-state index is 12.1. The van der Waals surface area contributed by atoms with Gasteiger partial charge in [-0.3, -0.25) is 9.20 Å². The zero-order valence-electron chi connectivity index (χ0n) is 16.6. The number of nitrogens with zero attached hydrogens (tertiary/aromatic N) is 1. The second-order valence-corrected chi connectivity index (χ2v) is 9.18. The lowest BCUT2D eigenvalue weighted by Gasteiger charge is -2.30. The summed E-state index contributed by atoms with van der Waals surface area (Å²) >= 11 is 6.31. The van der Waals surface area contributed by atoms with Crippen molar-refractivity contribution in [3.8, 4) is 5.75 Å². The molecule has 1 aromatic rings. The molecule has 0 spiro atoms. The number of benzene rings is 1. The molecule has 3 atom stereocenters. The first-order chi connectivity index (χ1) is 13.1. The molecular formula is C20H32ClN3O2S. The highest BCUT2D eigenvalue weighted by atomic mass is 35.5. The molecule has 1 fully saturated rings. The second-order valence-electron chi connectivity index (χ2n) is 6.77. The van der Waals surface area contributed by atoms with Crippen LogP contribution in [0.4, 0.5) is 0 Å². The lowest BCUT2D eigenvalue weighted by atomic mass is 9.95. The summed E-state index contributed by atoms with van der Waals surface area (Å²) in [6, 6.07) is 6.08. The average molecular weight is 414 g/mol. The fourth-order valence-electron chi connectivity index (χ4n) is 3.41. The van der Waals surface area contributed by atoms with Crippen LogP contribution in [0.3, 0.4) is 0 Å². The van der Waals surface area contributed by atoms with Gasteiger partial charge in [-0.1, -0.05) is 31.0 Å². The summed E-state index contributed by atoms with van der Waals surface area (Å²) in [6.45, 7) is 5.53. The van der Waals surface area contributed by atoms with Crippen LogP contribution in [0, 0.1) is 0 Å². The van der Waals surface area contributed by atoms with E-state index in [4.69, 9.17) is 21.3 Å². The summed E-state index contributed by atoms with van der Waals surface area (Å²) in [5, 5.41) is 7.87. The molecule has 0 heterocycles. The van der Waals surface area contributed by atoms with Crippen LogP contribution in [0.5, 0.6) is 5.75 Å². The van der Waals surface area contributed by atoms with Crippen LogP contribution in [-0.2, 0) is 17.2 Å². The Bertz CT molecular complexity index is 654. The van der Waals surface area contributed by atoms with Gasteiger partial charge < -0.3 is 15.4 Å². The van der Waals surface area contributed by atoms with Gasteiger partial charge in [-0.2, -0.15) is 0 Å². The summed E-state index contributed by atoms with van der Waals surface area (Å²) in [6.07, 6.45) is 5.02. The minimum Gasteiger partial charge on any atom is -0.497 e. The molecule has 27 heavy (non-hydrogen) atoms. The standard InChI is InChI=1S/C20H32ClN3O2S/c1-4-22-20(24-16-7-6-8-18(13-16)27(25)5-2)23-12-11-15-9-10-17(26-3)14-19(15)21/h9-10,14,16,18H,4-8,11-13H2,1-3H3,(H2,22,23,24). The Kier molecular flexibility index (Phi) is 9.42. The van der Waals surface area contributed by atoms with E-state index in [2.05, 4.69) is 17.6 Å². The average Bonchev–Trinajstić information content (AvgIpc) is 2.68. The predicted molar refractivity (Wildman–Crippen MR) is 116 cm³/mol. The maximum absolute atomic E-state index is 12.1. The van der Waals surface area contributed by atoms with E-state index in [1.54, 1.807) is 7.11 Å². The molecule has 1 aliphatic rings. The normalized spacial score (nSPS) is 21.6. The SMILES string of the molecule is CCNC(=NCCc1ccc(OC)cc1Cl)NC1CCCC(S(=O)CC)C1. The van der Waals surface area contributed by atoms with E-state index in [0.717, 1.165) is 61.7 Å². The number of nitrogens with one attached hydrogen (secondary N) is 2. The van der Waals surface area contributed by atoms with Crippen molar-refractivity contribution in [3.05, 3.63) is 28.8 Å². The molecule has 1 aromatic carbocycles. The molecule has 0 aromatic heterocycles. The largest absolute Gasteiger partial charge is 0.497 e. The van der Waals surface area contributed by atoms with Gasteiger partial charge in [0.05, 0.1) is 7.11 Å². The quantitative estimate of drug-likeness (QED) is 0.505. The third kappa shape index (κ3) is 7.00. The van der Waals surface area contributed by atoms with Crippen molar-refractivity contribution in [2.75, 3.05) is 26.0 Å². The monoisotopic (exact) mass is 413 g/mol. The molecule has 0 radical (unpaired) electrons. The van der Waals surface area contributed by atoms with Crippen LogP contribution < -0.4 is 15.4 Å². The molecular weight excluding hydrogens is 382 g/mol. The van der Waals surface area contributed by atoms with Gasteiger partial charge in [-0.15, -0.1) is 0 Å².